The molecule has 0 amide bonds. The van der Waals surface area contributed by atoms with Gasteiger partial charge in [-0.25, -0.2) is 0 Å². The Labute approximate surface area is 199 Å². The first-order valence-electron chi connectivity index (χ1n) is 11.7. The summed E-state index contributed by atoms with van der Waals surface area (Å²) in [4.78, 5) is 25.1. The van der Waals surface area contributed by atoms with Crippen molar-refractivity contribution in [3.63, 3.8) is 0 Å². The average Bonchev–Trinajstić information content (AvgIpc) is 3.04. The topological polar surface area (TPSA) is 52.6 Å². The van der Waals surface area contributed by atoms with Crippen LogP contribution in [0.25, 0.3) is 0 Å². The molecular weight excluding hydrogens is 428 g/mol. The summed E-state index contributed by atoms with van der Waals surface area (Å²) in [6.45, 7) is 12.9. The van der Waals surface area contributed by atoms with Crippen molar-refractivity contribution < 1.29 is 18.8 Å². The third-order valence-corrected chi connectivity index (χ3v) is 12.0. The van der Waals surface area contributed by atoms with Gasteiger partial charge in [-0.15, -0.1) is 0 Å². The molecule has 0 saturated heterocycles. The van der Waals surface area contributed by atoms with Crippen LogP contribution in [0.4, 0.5) is 0 Å². The maximum Gasteiger partial charge on any atom is 0.312 e. The highest BCUT2D eigenvalue weighted by atomic mass is 28.4. The highest BCUT2D eigenvalue weighted by Crippen LogP contribution is 2.48. The van der Waals surface area contributed by atoms with E-state index in [1.165, 1.54) is 10.4 Å². The third-order valence-electron chi connectivity index (χ3n) is 7.02. The minimum Gasteiger partial charge on any atom is -0.466 e. The highest BCUT2D eigenvalue weighted by Gasteiger charge is 2.54. The largest absolute Gasteiger partial charge is 0.466 e. The second-order valence-electron chi connectivity index (χ2n) is 10.2. The summed E-state index contributed by atoms with van der Waals surface area (Å²) in [6, 6.07) is 20.8. The van der Waals surface area contributed by atoms with E-state index in [1.54, 1.807) is 0 Å². The van der Waals surface area contributed by atoms with E-state index in [9.17, 15) is 9.59 Å². The Morgan fingerprint density at radius 3 is 2.00 bits per heavy atom. The minimum absolute atomic E-state index is 0.186. The van der Waals surface area contributed by atoms with Crippen LogP contribution in [0.5, 0.6) is 0 Å². The van der Waals surface area contributed by atoms with E-state index in [2.05, 4.69) is 45.0 Å². The molecule has 4 nitrogen and oxygen atoms in total. The SMILES string of the molecule is CCOC(=O)[C@]1(C)CC(C)=C(C=O)[C@@H]1CO[Si](c1ccccc1)(c1ccccc1)C(C)(C)C. The van der Waals surface area contributed by atoms with Crippen molar-refractivity contribution in [1.29, 1.82) is 0 Å². The standard InChI is InChI=1S/C28H36O4Si/c1-7-31-26(30)28(6)18-21(2)24(19-29)25(28)20-32-33(27(3,4)5,22-14-10-8-11-15-22)23-16-12-9-13-17-23/h8-17,19,25H,7,18,20H2,1-6H3/t25-,28+/m0/s1. The molecule has 0 unspecified atom stereocenters. The van der Waals surface area contributed by atoms with Gasteiger partial charge in [-0.2, -0.15) is 0 Å². The number of aldehydes is 1. The molecule has 0 saturated carbocycles. The molecule has 2 atom stereocenters. The van der Waals surface area contributed by atoms with Gasteiger partial charge in [0.05, 0.1) is 12.0 Å². The molecular formula is C28H36O4Si. The van der Waals surface area contributed by atoms with Gasteiger partial charge < -0.3 is 9.16 Å². The van der Waals surface area contributed by atoms with Crippen LogP contribution in [0.15, 0.2) is 71.8 Å². The molecule has 176 valence electrons. The van der Waals surface area contributed by atoms with Gasteiger partial charge >= 0.3 is 5.97 Å². The molecule has 0 N–H and O–H groups in total. The maximum absolute atomic E-state index is 13.0. The van der Waals surface area contributed by atoms with Gasteiger partial charge in [0.25, 0.3) is 8.32 Å². The van der Waals surface area contributed by atoms with Crippen LogP contribution < -0.4 is 10.4 Å². The maximum atomic E-state index is 13.0. The average molecular weight is 465 g/mol. The summed E-state index contributed by atoms with van der Waals surface area (Å²) in [6.07, 6.45) is 1.41. The summed E-state index contributed by atoms with van der Waals surface area (Å²) in [5.41, 5.74) is 0.793. The molecule has 0 aromatic heterocycles. The third kappa shape index (κ3) is 4.49. The van der Waals surface area contributed by atoms with Gasteiger partial charge in [-0.05, 0) is 48.2 Å². The number of carbonyl (C=O) groups is 2. The van der Waals surface area contributed by atoms with E-state index in [0.29, 0.717) is 18.6 Å². The summed E-state index contributed by atoms with van der Waals surface area (Å²) in [5, 5.41) is 2.16. The predicted octanol–water partition coefficient (Wildman–Crippen LogP) is 4.67. The van der Waals surface area contributed by atoms with Crippen molar-refractivity contribution in [3.8, 4) is 0 Å². The first-order valence-corrected chi connectivity index (χ1v) is 13.6. The van der Waals surface area contributed by atoms with E-state index in [4.69, 9.17) is 9.16 Å². The lowest BCUT2D eigenvalue weighted by Gasteiger charge is -2.44. The van der Waals surface area contributed by atoms with Crippen LogP contribution in [-0.2, 0) is 18.8 Å². The lowest BCUT2D eigenvalue weighted by Crippen LogP contribution is -2.67. The smallest absolute Gasteiger partial charge is 0.312 e. The van der Waals surface area contributed by atoms with Gasteiger partial charge in [0.1, 0.15) is 6.29 Å². The number of hydrogen-bond donors (Lipinski definition) is 0. The van der Waals surface area contributed by atoms with Gasteiger partial charge in [0.15, 0.2) is 0 Å². The predicted molar refractivity (Wildman–Crippen MR) is 135 cm³/mol. The monoisotopic (exact) mass is 464 g/mol. The van der Waals surface area contributed by atoms with Crippen LogP contribution >= 0.6 is 0 Å². The van der Waals surface area contributed by atoms with Crippen molar-refractivity contribution in [3.05, 3.63) is 71.8 Å². The second kappa shape index (κ2) is 9.78. The molecule has 3 rings (SSSR count). The fourth-order valence-corrected chi connectivity index (χ4v) is 9.93. The lowest BCUT2D eigenvalue weighted by atomic mass is 9.77. The first kappa shape index (κ1) is 25.1. The number of ether oxygens (including phenoxy) is 1. The fraction of sp³-hybridized carbons (Fsp3) is 0.429. The lowest BCUT2D eigenvalue weighted by molar-refractivity contribution is -0.157. The molecule has 33 heavy (non-hydrogen) atoms. The molecule has 2 aromatic rings. The van der Waals surface area contributed by atoms with E-state index < -0.39 is 13.7 Å². The highest BCUT2D eigenvalue weighted by molar-refractivity contribution is 6.99. The van der Waals surface area contributed by atoms with Gasteiger partial charge in [-0.3, -0.25) is 9.59 Å². The van der Waals surface area contributed by atoms with Crippen LogP contribution in [0, 0.1) is 11.3 Å². The molecule has 0 heterocycles. The Bertz CT molecular complexity index is 968. The van der Waals surface area contributed by atoms with Gasteiger partial charge in [0, 0.05) is 12.5 Å². The van der Waals surface area contributed by atoms with Crippen molar-refractivity contribution in [2.45, 2.75) is 53.0 Å². The van der Waals surface area contributed by atoms with Crippen LogP contribution in [0.3, 0.4) is 0 Å². The molecule has 2 aromatic carbocycles. The molecule has 0 bridgehead atoms. The summed E-state index contributed by atoms with van der Waals surface area (Å²) in [5.74, 6) is -0.618. The van der Waals surface area contributed by atoms with E-state index >= 15 is 0 Å². The second-order valence-corrected chi connectivity index (χ2v) is 14.5. The molecule has 5 heteroatoms. The zero-order valence-corrected chi connectivity index (χ0v) is 21.7. The molecule has 1 aliphatic rings. The first-order chi connectivity index (χ1) is 15.6. The van der Waals surface area contributed by atoms with Crippen molar-refractivity contribution in [2.24, 2.45) is 11.3 Å². The van der Waals surface area contributed by atoms with Crippen LogP contribution in [-0.4, -0.2) is 33.8 Å². The summed E-state index contributed by atoms with van der Waals surface area (Å²) in [7, 11) is -2.79. The Hall–Kier alpha value is -2.50. The Kier molecular flexibility index (Phi) is 7.44. The number of esters is 1. The van der Waals surface area contributed by atoms with Crippen molar-refractivity contribution in [1.82, 2.24) is 0 Å². The van der Waals surface area contributed by atoms with E-state index in [0.717, 1.165) is 11.9 Å². The Morgan fingerprint density at radius 2 is 1.58 bits per heavy atom. The molecule has 1 aliphatic carbocycles. The fourth-order valence-electron chi connectivity index (χ4n) is 5.35. The van der Waals surface area contributed by atoms with E-state index in [-0.39, 0.29) is 23.5 Å². The van der Waals surface area contributed by atoms with Crippen LogP contribution in [0.1, 0.15) is 48.0 Å². The minimum atomic E-state index is -2.79. The van der Waals surface area contributed by atoms with Gasteiger partial charge in [0.2, 0.25) is 0 Å². The van der Waals surface area contributed by atoms with Crippen LogP contribution in [0.2, 0.25) is 5.04 Å². The molecule has 0 fully saturated rings. The molecule has 0 radical (unpaired) electrons. The van der Waals surface area contributed by atoms with E-state index in [1.807, 2.05) is 57.2 Å². The number of hydrogen-bond acceptors (Lipinski definition) is 4. The quantitative estimate of drug-likeness (QED) is 0.324. The zero-order valence-electron chi connectivity index (χ0n) is 20.7. The summed E-state index contributed by atoms with van der Waals surface area (Å²) >= 11 is 0. The van der Waals surface area contributed by atoms with Crippen molar-refractivity contribution in [2.75, 3.05) is 13.2 Å². The van der Waals surface area contributed by atoms with Crippen molar-refractivity contribution >= 4 is 30.9 Å². The molecule has 0 aliphatic heterocycles. The number of carbonyl (C=O) groups excluding carboxylic acids is 2. The number of allylic oxidation sites excluding steroid dienone is 1. The number of benzene rings is 2. The summed E-state index contributed by atoms with van der Waals surface area (Å²) < 4.78 is 12.5. The molecule has 0 spiro atoms. The normalized spacial score (nSPS) is 21.2. The Balaban J connectivity index is 2.12. The zero-order chi connectivity index (χ0) is 24.3. The van der Waals surface area contributed by atoms with Gasteiger partial charge in [-0.1, -0.05) is 87.0 Å². The number of rotatable bonds is 8. The Morgan fingerprint density at radius 1 is 1.06 bits per heavy atom.